The van der Waals surface area contributed by atoms with Crippen LogP contribution in [-0.2, 0) is 15.7 Å². The van der Waals surface area contributed by atoms with Gasteiger partial charge in [-0.3, -0.25) is 19.3 Å². The molecule has 0 atom stereocenters. The number of nitrogens with zero attached hydrogens (tertiary/aromatic N) is 3. The zero-order valence-corrected chi connectivity index (χ0v) is 18.1. The summed E-state index contributed by atoms with van der Waals surface area (Å²) in [5, 5.41) is 0. The van der Waals surface area contributed by atoms with E-state index in [1.807, 2.05) is 0 Å². The number of hydrogen-bond acceptors (Lipinski definition) is 6. The van der Waals surface area contributed by atoms with Crippen molar-refractivity contribution in [2.45, 2.75) is 6.18 Å². The number of piperazine rings is 1. The van der Waals surface area contributed by atoms with Crippen molar-refractivity contribution < 1.29 is 37.1 Å². The zero-order chi connectivity index (χ0) is 24.6. The lowest BCUT2D eigenvalue weighted by molar-refractivity contribution is -0.137. The smallest absolute Gasteiger partial charge is 0.416 e. The van der Waals surface area contributed by atoms with Gasteiger partial charge >= 0.3 is 12.1 Å². The molecule has 34 heavy (non-hydrogen) atoms. The highest BCUT2D eigenvalue weighted by Crippen LogP contribution is 2.32. The Bertz CT molecular complexity index is 1170. The number of hydrogen-bond donors (Lipinski definition) is 0. The summed E-state index contributed by atoms with van der Waals surface area (Å²) in [7, 11) is 1.34. The highest BCUT2D eigenvalue weighted by molar-refractivity contribution is 6.21. The van der Waals surface area contributed by atoms with Crippen molar-refractivity contribution in [2.75, 3.05) is 44.7 Å². The molecule has 0 spiro atoms. The topological polar surface area (TPSA) is 87.2 Å². The van der Waals surface area contributed by atoms with Gasteiger partial charge in [0.1, 0.15) is 0 Å². The summed E-state index contributed by atoms with van der Waals surface area (Å²) >= 11 is 0. The second-order valence-corrected chi connectivity index (χ2v) is 7.92. The number of carbonyl (C=O) groups excluding carboxylic acids is 4. The van der Waals surface area contributed by atoms with Crippen LogP contribution in [0.5, 0.6) is 0 Å². The van der Waals surface area contributed by atoms with Gasteiger partial charge in [-0.1, -0.05) is 6.07 Å². The molecule has 1 fully saturated rings. The van der Waals surface area contributed by atoms with E-state index in [-0.39, 0.29) is 29.8 Å². The van der Waals surface area contributed by atoms with Gasteiger partial charge in [-0.2, -0.15) is 13.2 Å². The lowest BCUT2D eigenvalue weighted by Crippen LogP contribution is -2.50. The van der Waals surface area contributed by atoms with E-state index in [1.54, 1.807) is 11.0 Å². The van der Waals surface area contributed by atoms with Gasteiger partial charge in [0.15, 0.2) is 6.61 Å². The van der Waals surface area contributed by atoms with Gasteiger partial charge in [0, 0.05) is 38.9 Å². The molecule has 2 aliphatic rings. The Balaban J connectivity index is 1.31. The van der Waals surface area contributed by atoms with Crippen molar-refractivity contribution in [1.29, 1.82) is 0 Å². The standard InChI is InChI=1S/C23H20F3N3O5/c1-27-20(31)17-6-5-14(11-18(17)21(27)32)22(33)34-13-19(30)29-9-7-28(8-10-29)16-4-2-3-15(12-16)23(24,25)26/h2-6,11-12H,7-10,13H2,1H3. The van der Waals surface area contributed by atoms with Crippen molar-refractivity contribution >= 4 is 29.4 Å². The third kappa shape index (κ3) is 4.45. The molecule has 0 aliphatic carbocycles. The molecular weight excluding hydrogens is 455 g/mol. The van der Waals surface area contributed by atoms with Crippen molar-refractivity contribution in [2.24, 2.45) is 0 Å². The second kappa shape index (κ2) is 8.81. The van der Waals surface area contributed by atoms with Gasteiger partial charge in [0.2, 0.25) is 0 Å². The fraction of sp³-hybridized carbons (Fsp3) is 0.304. The molecule has 0 N–H and O–H groups in total. The Morgan fingerprint density at radius 1 is 0.941 bits per heavy atom. The number of ether oxygens (including phenoxy) is 1. The summed E-state index contributed by atoms with van der Waals surface area (Å²) in [6.45, 7) is 0.653. The monoisotopic (exact) mass is 475 g/mol. The van der Waals surface area contributed by atoms with Crippen LogP contribution < -0.4 is 4.90 Å². The molecule has 3 amide bonds. The van der Waals surface area contributed by atoms with E-state index >= 15 is 0 Å². The molecule has 178 valence electrons. The number of fused-ring (bicyclic) bond motifs is 1. The maximum atomic E-state index is 12.9. The molecule has 0 unspecified atom stereocenters. The number of benzene rings is 2. The summed E-state index contributed by atoms with van der Waals surface area (Å²) in [4.78, 5) is 53.0. The van der Waals surface area contributed by atoms with Crippen molar-refractivity contribution in [1.82, 2.24) is 9.80 Å². The molecule has 0 saturated carbocycles. The molecular formula is C23H20F3N3O5. The minimum Gasteiger partial charge on any atom is -0.452 e. The van der Waals surface area contributed by atoms with Crippen LogP contribution in [-0.4, -0.2) is 73.3 Å². The number of anilines is 1. The third-order valence-corrected chi connectivity index (χ3v) is 5.82. The number of esters is 1. The van der Waals surface area contributed by atoms with Crippen LogP contribution in [0.15, 0.2) is 42.5 Å². The van der Waals surface area contributed by atoms with Crippen molar-refractivity contribution in [3.8, 4) is 0 Å². The number of imide groups is 1. The van der Waals surface area contributed by atoms with Crippen LogP contribution in [0.3, 0.4) is 0 Å². The molecule has 8 nitrogen and oxygen atoms in total. The van der Waals surface area contributed by atoms with E-state index < -0.39 is 42.0 Å². The Kier molecular flexibility index (Phi) is 6.03. The lowest BCUT2D eigenvalue weighted by Gasteiger charge is -2.36. The summed E-state index contributed by atoms with van der Waals surface area (Å²) in [6, 6.07) is 8.99. The largest absolute Gasteiger partial charge is 0.452 e. The molecule has 2 heterocycles. The molecule has 0 aromatic heterocycles. The highest BCUT2D eigenvalue weighted by atomic mass is 19.4. The number of halogens is 3. The first-order chi connectivity index (χ1) is 16.1. The van der Waals surface area contributed by atoms with Crippen LogP contribution in [0.25, 0.3) is 0 Å². The number of rotatable bonds is 4. The lowest BCUT2D eigenvalue weighted by atomic mass is 10.1. The molecule has 11 heteroatoms. The minimum atomic E-state index is -4.44. The summed E-state index contributed by atoms with van der Waals surface area (Å²) in [5.41, 5.74) is 0.0124. The first kappa shape index (κ1) is 23.3. The highest BCUT2D eigenvalue weighted by Gasteiger charge is 2.34. The van der Waals surface area contributed by atoms with Crippen LogP contribution >= 0.6 is 0 Å². The third-order valence-electron chi connectivity index (χ3n) is 5.82. The summed E-state index contributed by atoms with van der Waals surface area (Å²) < 4.78 is 43.9. The fourth-order valence-corrected chi connectivity index (χ4v) is 3.88. The van der Waals surface area contributed by atoms with E-state index in [9.17, 15) is 32.3 Å². The van der Waals surface area contributed by atoms with E-state index in [0.717, 1.165) is 17.0 Å². The summed E-state index contributed by atoms with van der Waals surface area (Å²) in [5.74, 6) is -2.23. The predicted octanol–water partition coefficient (Wildman–Crippen LogP) is 2.44. The molecule has 1 saturated heterocycles. The molecule has 4 rings (SSSR count). The average molecular weight is 475 g/mol. The molecule has 2 aliphatic heterocycles. The maximum Gasteiger partial charge on any atom is 0.416 e. The summed E-state index contributed by atoms with van der Waals surface area (Å²) in [6.07, 6.45) is -4.44. The van der Waals surface area contributed by atoms with E-state index in [4.69, 9.17) is 4.74 Å². The first-order valence-corrected chi connectivity index (χ1v) is 10.4. The fourth-order valence-electron chi connectivity index (χ4n) is 3.88. The van der Waals surface area contributed by atoms with Gasteiger partial charge < -0.3 is 14.5 Å². The first-order valence-electron chi connectivity index (χ1n) is 10.4. The normalized spacial score (nSPS) is 16.1. The Hall–Kier alpha value is -3.89. The quantitative estimate of drug-likeness (QED) is 0.499. The maximum absolute atomic E-state index is 12.9. The van der Waals surface area contributed by atoms with Gasteiger partial charge in [-0.05, 0) is 36.4 Å². The van der Waals surface area contributed by atoms with Crippen molar-refractivity contribution in [3.05, 3.63) is 64.7 Å². The van der Waals surface area contributed by atoms with Crippen LogP contribution in [0.2, 0.25) is 0 Å². The second-order valence-electron chi connectivity index (χ2n) is 7.92. The van der Waals surface area contributed by atoms with Gasteiger partial charge in [0.25, 0.3) is 17.7 Å². The predicted molar refractivity (Wildman–Crippen MR) is 113 cm³/mol. The van der Waals surface area contributed by atoms with Gasteiger partial charge in [0.05, 0.1) is 22.3 Å². The Morgan fingerprint density at radius 3 is 2.29 bits per heavy atom. The number of alkyl halides is 3. The van der Waals surface area contributed by atoms with Crippen LogP contribution in [0.4, 0.5) is 18.9 Å². The molecule has 2 aromatic rings. The molecule has 2 aromatic carbocycles. The van der Waals surface area contributed by atoms with Gasteiger partial charge in [-0.25, -0.2) is 4.79 Å². The van der Waals surface area contributed by atoms with Crippen LogP contribution in [0.1, 0.15) is 36.6 Å². The van der Waals surface area contributed by atoms with E-state index in [2.05, 4.69) is 0 Å². The van der Waals surface area contributed by atoms with Crippen molar-refractivity contribution in [3.63, 3.8) is 0 Å². The average Bonchev–Trinajstić information content (AvgIpc) is 3.05. The van der Waals surface area contributed by atoms with Crippen LogP contribution in [0, 0.1) is 0 Å². The molecule has 0 bridgehead atoms. The van der Waals surface area contributed by atoms with E-state index in [1.165, 1.54) is 36.2 Å². The Labute approximate surface area is 192 Å². The number of carbonyl (C=O) groups is 4. The van der Waals surface area contributed by atoms with E-state index in [0.29, 0.717) is 18.8 Å². The SMILES string of the molecule is CN1C(=O)c2ccc(C(=O)OCC(=O)N3CCN(c4cccc(C(F)(F)F)c4)CC3)cc2C1=O. The Morgan fingerprint density at radius 2 is 1.62 bits per heavy atom. The van der Waals surface area contributed by atoms with Gasteiger partial charge in [-0.15, -0.1) is 0 Å². The molecule has 0 radical (unpaired) electrons. The number of amides is 3. The minimum absolute atomic E-state index is 0.0392. The zero-order valence-electron chi connectivity index (χ0n) is 18.1.